The Kier molecular flexibility index (Phi) is 10.8. The van der Waals surface area contributed by atoms with Gasteiger partial charge in [-0.1, -0.05) is 25.7 Å². The van der Waals surface area contributed by atoms with Crippen molar-refractivity contribution in [2.45, 2.75) is 32.1 Å². The lowest BCUT2D eigenvalue weighted by atomic mass is 10.2. The summed E-state index contributed by atoms with van der Waals surface area (Å²) >= 11 is 0. The molecule has 0 spiro atoms. The summed E-state index contributed by atoms with van der Waals surface area (Å²) < 4.78 is 0. The van der Waals surface area contributed by atoms with Crippen LogP contribution in [0.15, 0.2) is 0 Å². The molecule has 0 saturated heterocycles. The summed E-state index contributed by atoms with van der Waals surface area (Å²) in [6.45, 7) is 2.79. The lowest BCUT2D eigenvalue weighted by Crippen LogP contribution is -2.21. The van der Waals surface area contributed by atoms with E-state index < -0.39 is 0 Å². The van der Waals surface area contributed by atoms with E-state index in [1.165, 1.54) is 12.8 Å². The summed E-state index contributed by atoms with van der Waals surface area (Å²) in [7, 11) is 0. The molecule has 16 heavy (non-hydrogen) atoms. The molecule has 2 N–H and O–H groups in total. The molecule has 0 aromatic heterocycles. The van der Waals surface area contributed by atoms with Crippen LogP contribution < -0.4 is 5.32 Å². The molecule has 3 nitrogen and oxygen atoms in total. The van der Waals surface area contributed by atoms with Gasteiger partial charge in [0.05, 0.1) is 0 Å². The monoisotopic (exact) mass is 222 g/mol. The normalized spacial score (nSPS) is 9.19. The Morgan fingerprint density at radius 1 is 1.00 bits per heavy atom. The Labute approximate surface area is 99.2 Å². The van der Waals surface area contributed by atoms with Crippen molar-refractivity contribution in [2.75, 3.05) is 26.2 Å². The van der Waals surface area contributed by atoms with Gasteiger partial charge < -0.3 is 15.3 Å². The number of aliphatic hydroxyl groups excluding tert-OH is 1. The summed E-state index contributed by atoms with van der Waals surface area (Å²) in [5.74, 6) is 0. The molecule has 0 saturated carbocycles. The van der Waals surface area contributed by atoms with Gasteiger partial charge in [0, 0.05) is 38.3 Å². The number of nitrogens with one attached hydrogen (secondary N) is 1. The molecule has 3 heteroatoms. The summed E-state index contributed by atoms with van der Waals surface area (Å²) in [5.41, 5.74) is 0. The minimum atomic E-state index is 0.204. The van der Waals surface area contributed by atoms with Crippen molar-refractivity contribution in [1.82, 2.24) is 10.2 Å². The molecule has 0 aromatic carbocycles. The maximum absolute atomic E-state index is 8.68. The summed E-state index contributed by atoms with van der Waals surface area (Å²) in [5, 5.41) is 11.5. The molecule has 0 unspecified atom stereocenters. The fraction of sp³-hybridized carbons (Fsp3) is 0.692. The third kappa shape index (κ3) is 9.24. The number of hydrogen-bond acceptors (Lipinski definition) is 3. The number of aliphatic hydroxyl groups is 1. The Balaban J connectivity index is 3.29. The van der Waals surface area contributed by atoms with E-state index in [9.17, 15) is 0 Å². The summed E-state index contributed by atoms with van der Waals surface area (Å²) in [6.07, 6.45) is 15.7. The van der Waals surface area contributed by atoms with Crippen LogP contribution in [0.1, 0.15) is 32.1 Å². The van der Waals surface area contributed by atoms with E-state index in [0.29, 0.717) is 0 Å². The second-order valence-electron chi connectivity index (χ2n) is 3.68. The quantitative estimate of drug-likeness (QED) is 0.329. The largest absolute Gasteiger partial charge is 0.396 e. The molecule has 0 atom stereocenters. The van der Waals surface area contributed by atoms with Crippen molar-refractivity contribution in [3.8, 4) is 24.9 Å². The second kappa shape index (κ2) is 11.8. The van der Waals surface area contributed by atoms with Crippen LogP contribution in [0, 0.1) is 24.9 Å². The first kappa shape index (κ1) is 14.7. The van der Waals surface area contributed by atoms with Crippen LogP contribution in [-0.4, -0.2) is 36.2 Å². The predicted molar refractivity (Wildman–Crippen MR) is 67.4 cm³/mol. The highest BCUT2D eigenvalue weighted by molar-refractivity contribution is 4.84. The zero-order valence-corrected chi connectivity index (χ0v) is 9.91. The van der Waals surface area contributed by atoms with Crippen LogP contribution in [-0.2, 0) is 0 Å². The topological polar surface area (TPSA) is 35.5 Å². The molecule has 0 aliphatic rings. The van der Waals surface area contributed by atoms with Gasteiger partial charge in [0.1, 0.15) is 0 Å². The Bertz CT molecular complexity index is 227. The Morgan fingerprint density at radius 2 is 1.69 bits per heavy atom. The van der Waals surface area contributed by atoms with Crippen LogP contribution in [0.2, 0.25) is 0 Å². The molecule has 0 amide bonds. The van der Waals surface area contributed by atoms with Crippen LogP contribution in [0.3, 0.4) is 0 Å². The molecule has 0 radical (unpaired) electrons. The van der Waals surface area contributed by atoms with Crippen LogP contribution in [0.5, 0.6) is 0 Å². The average Bonchev–Trinajstić information content (AvgIpc) is 2.32. The zero-order valence-electron chi connectivity index (χ0n) is 9.91. The van der Waals surface area contributed by atoms with Gasteiger partial charge in [-0.2, -0.15) is 0 Å². The minimum Gasteiger partial charge on any atom is -0.396 e. The number of nitrogens with zero attached hydrogens (tertiary/aromatic N) is 1. The highest BCUT2D eigenvalue weighted by Gasteiger charge is 1.98. The molecule has 0 fully saturated rings. The minimum absolute atomic E-state index is 0.204. The SMILES string of the molecule is C#CNCCCCCCN(C#C)CCCO. The fourth-order valence-electron chi connectivity index (χ4n) is 1.44. The molecule has 0 aliphatic heterocycles. The molecule has 0 rings (SSSR count). The number of hydrogen-bond donors (Lipinski definition) is 2. The van der Waals surface area contributed by atoms with Crippen molar-refractivity contribution >= 4 is 0 Å². The molecular formula is C13H22N2O. The van der Waals surface area contributed by atoms with Crippen LogP contribution >= 0.6 is 0 Å². The highest BCUT2D eigenvalue weighted by atomic mass is 16.3. The highest BCUT2D eigenvalue weighted by Crippen LogP contribution is 2.01. The van der Waals surface area contributed by atoms with E-state index in [0.717, 1.165) is 38.9 Å². The summed E-state index contributed by atoms with van der Waals surface area (Å²) in [4.78, 5) is 1.93. The molecule has 0 heterocycles. The van der Waals surface area contributed by atoms with Gasteiger partial charge in [0.2, 0.25) is 0 Å². The maximum Gasteiger partial charge on any atom is 0.0448 e. The molecule has 0 bridgehead atoms. The van der Waals surface area contributed by atoms with Crippen LogP contribution in [0.4, 0.5) is 0 Å². The van der Waals surface area contributed by atoms with Crippen molar-refractivity contribution in [3.63, 3.8) is 0 Å². The molecule has 0 aliphatic carbocycles. The fourth-order valence-corrected chi connectivity index (χ4v) is 1.44. The van der Waals surface area contributed by atoms with Gasteiger partial charge in [-0.15, -0.1) is 0 Å². The van der Waals surface area contributed by atoms with Crippen LogP contribution in [0.25, 0.3) is 0 Å². The van der Waals surface area contributed by atoms with Crippen molar-refractivity contribution in [3.05, 3.63) is 0 Å². The number of unbranched alkanes of at least 4 members (excludes halogenated alkanes) is 3. The lowest BCUT2D eigenvalue weighted by Gasteiger charge is -2.16. The van der Waals surface area contributed by atoms with E-state index >= 15 is 0 Å². The van der Waals surface area contributed by atoms with E-state index in [1.54, 1.807) is 0 Å². The lowest BCUT2D eigenvalue weighted by molar-refractivity contribution is 0.261. The molecular weight excluding hydrogens is 200 g/mol. The second-order valence-corrected chi connectivity index (χ2v) is 3.68. The third-order valence-electron chi connectivity index (χ3n) is 2.35. The van der Waals surface area contributed by atoms with E-state index in [-0.39, 0.29) is 6.61 Å². The zero-order chi connectivity index (χ0) is 12.1. The van der Waals surface area contributed by atoms with Gasteiger partial charge in [-0.05, 0) is 19.3 Å². The van der Waals surface area contributed by atoms with Gasteiger partial charge in [-0.25, -0.2) is 0 Å². The smallest absolute Gasteiger partial charge is 0.0448 e. The Hall–Kier alpha value is -1.32. The van der Waals surface area contributed by atoms with Crippen molar-refractivity contribution < 1.29 is 5.11 Å². The number of rotatable bonds is 10. The average molecular weight is 222 g/mol. The molecule has 0 aromatic rings. The van der Waals surface area contributed by atoms with E-state index in [1.807, 2.05) is 4.90 Å². The standard InChI is InChI=1S/C13H22N2O/c1-3-14-10-7-5-6-8-11-15(4-2)12-9-13-16/h1-2,14,16H,5-13H2. The first-order valence-corrected chi connectivity index (χ1v) is 5.85. The first-order valence-electron chi connectivity index (χ1n) is 5.85. The molecule has 90 valence electrons. The van der Waals surface area contributed by atoms with Gasteiger partial charge in [0.15, 0.2) is 0 Å². The predicted octanol–water partition coefficient (Wildman–Crippen LogP) is 1.00. The first-order chi connectivity index (χ1) is 7.85. The summed E-state index contributed by atoms with van der Waals surface area (Å²) in [6, 6.07) is 5.03. The Morgan fingerprint density at radius 3 is 2.31 bits per heavy atom. The van der Waals surface area contributed by atoms with Gasteiger partial charge in [-0.3, -0.25) is 0 Å². The maximum atomic E-state index is 8.68. The van der Waals surface area contributed by atoms with Crippen molar-refractivity contribution in [1.29, 1.82) is 0 Å². The van der Waals surface area contributed by atoms with Gasteiger partial charge in [0.25, 0.3) is 0 Å². The third-order valence-corrected chi connectivity index (χ3v) is 2.35. The van der Waals surface area contributed by atoms with E-state index in [4.69, 9.17) is 18.0 Å². The van der Waals surface area contributed by atoms with Crippen molar-refractivity contribution in [2.24, 2.45) is 0 Å². The number of terminal acetylenes is 2. The van der Waals surface area contributed by atoms with E-state index in [2.05, 4.69) is 17.4 Å². The van der Waals surface area contributed by atoms with Gasteiger partial charge >= 0.3 is 0 Å².